The first-order valence-corrected chi connectivity index (χ1v) is 5.80. The maximum absolute atomic E-state index is 6.30. The SMILES string of the molecule is CCC(C)C(N)c1c(C)cc(C)cc1C. The molecule has 0 fully saturated rings. The van der Waals surface area contributed by atoms with Crippen LogP contribution in [0.2, 0.25) is 0 Å². The highest BCUT2D eigenvalue weighted by atomic mass is 14.6. The molecule has 0 aliphatic rings. The minimum Gasteiger partial charge on any atom is -0.324 e. The van der Waals surface area contributed by atoms with Gasteiger partial charge in [-0.05, 0) is 43.4 Å². The topological polar surface area (TPSA) is 26.0 Å². The molecular weight excluding hydrogens is 182 g/mol. The Morgan fingerprint density at radius 1 is 1.13 bits per heavy atom. The van der Waals surface area contributed by atoms with Crippen molar-refractivity contribution in [1.82, 2.24) is 0 Å². The Hall–Kier alpha value is -0.820. The maximum Gasteiger partial charge on any atom is 0.0326 e. The zero-order valence-corrected chi connectivity index (χ0v) is 10.6. The molecule has 2 unspecified atom stereocenters. The van der Waals surface area contributed by atoms with Crippen molar-refractivity contribution < 1.29 is 0 Å². The van der Waals surface area contributed by atoms with Crippen LogP contribution < -0.4 is 5.73 Å². The van der Waals surface area contributed by atoms with Crippen LogP contribution in [0.5, 0.6) is 0 Å². The molecule has 0 saturated carbocycles. The fraction of sp³-hybridized carbons (Fsp3) is 0.571. The second kappa shape index (κ2) is 4.80. The van der Waals surface area contributed by atoms with Gasteiger partial charge in [0.1, 0.15) is 0 Å². The van der Waals surface area contributed by atoms with Crippen molar-refractivity contribution >= 4 is 0 Å². The van der Waals surface area contributed by atoms with Crippen molar-refractivity contribution in [2.75, 3.05) is 0 Å². The van der Waals surface area contributed by atoms with Crippen LogP contribution in [0, 0.1) is 26.7 Å². The van der Waals surface area contributed by atoms with E-state index < -0.39 is 0 Å². The maximum atomic E-state index is 6.30. The number of hydrogen-bond acceptors (Lipinski definition) is 1. The summed E-state index contributed by atoms with van der Waals surface area (Å²) in [6.45, 7) is 10.9. The normalized spacial score (nSPS) is 15.1. The molecule has 2 atom stereocenters. The van der Waals surface area contributed by atoms with Crippen LogP contribution in [-0.4, -0.2) is 0 Å². The summed E-state index contributed by atoms with van der Waals surface area (Å²) < 4.78 is 0. The smallest absolute Gasteiger partial charge is 0.0326 e. The molecule has 0 spiro atoms. The first kappa shape index (κ1) is 12.3. The van der Waals surface area contributed by atoms with Gasteiger partial charge in [-0.25, -0.2) is 0 Å². The van der Waals surface area contributed by atoms with Crippen LogP contribution in [0.1, 0.15) is 48.6 Å². The summed E-state index contributed by atoms with van der Waals surface area (Å²) in [5, 5.41) is 0. The summed E-state index contributed by atoms with van der Waals surface area (Å²) in [7, 11) is 0. The Balaban J connectivity index is 3.13. The average molecular weight is 205 g/mol. The summed E-state index contributed by atoms with van der Waals surface area (Å²) in [6.07, 6.45) is 1.13. The number of aryl methyl sites for hydroxylation is 3. The Kier molecular flexibility index (Phi) is 3.92. The van der Waals surface area contributed by atoms with Gasteiger partial charge in [0.15, 0.2) is 0 Å². The molecule has 0 heterocycles. The lowest BCUT2D eigenvalue weighted by molar-refractivity contribution is 0.454. The summed E-state index contributed by atoms with van der Waals surface area (Å²) in [6, 6.07) is 4.63. The van der Waals surface area contributed by atoms with Gasteiger partial charge in [-0.1, -0.05) is 38.0 Å². The lowest BCUT2D eigenvalue weighted by Crippen LogP contribution is -2.20. The van der Waals surface area contributed by atoms with Gasteiger partial charge < -0.3 is 5.73 Å². The van der Waals surface area contributed by atoms with Crippen molar-refractivity contribution in [3.8, 4) is 0 Å². The van der Waals surface area contributed by atoms with Crippen molar-refractivity contribution in [3.63, 3.8) is 0 Å². The minimum absolute atomic E-state index is 0.176. The van der Waals surface area contributed by atoms with Gasteiger partial charge in [-0.3, -0.25) is 0 Å². The van der Waals surface area contributed by atoms with Gasteiger partial charge in [0.25, 0.3) is 0 Å². The first-order valence-electron chi connectivity index (χ1n) is 5.80. The molecule has 1 heteroatoms. The Morgan fingerprint density at radius 3 is 2.00 bits per heavy atom. The predicted octanol–water partition coefficient (Wildman–Crippen LogP) is 3.66. The Labute approximate surface area is 93.7 Å². The third kappa shape index (κ3) is 2.60. The number of hydrogen-bond donors (Lipinski definition) is 1. The van der Waals surface area contributed by atoms with Gasteiger partial charge in [-0.2, -0.15) is 0 Å². The molecule has 15 heavy (non-hydrogen) atoms. The lowest BCUT2D eigenvalue weighted by Gasteiger charge is -2.23. The van der Waals surface area contributed by atoms with E-state index in [1.165, 1.54) is 22.3 Å². The van der Waals surface area contributed by atoms with Crippen LogP contribution in [-0.2, 0) is 0 Å². The molecule has 0 aliphatic heterocycles. The monoisotopic (exact) mass is 205 g/mol. The molecule has 0 aliphatic carbocycles. The molecule has 0 radical (unpaired) electrons. The van der Waals surface area contributed by atoms with Crippen LogP contribution in [0.25, 0.3) is 0 Å². The van der Waals surface area contributed by atoms with Crippen molar-refractivity contribution in [1.29, 1.82) is 0 Å². The van der Waals surface area contributed by atoms with E-state index in [0.717, 1.165) is 6.42 Å². The second-order valence-electron chi connectivity index (χ2n) is 4.72. The first-order chi connectivity index (χ1) is 6.97. The van der Waals surface area contributed by atoms with Gasteiger partial charge >= 0.3 is 0 Å². The fourth-order valence-corrected chi connectivity index (χ4v) is 2.26. The predicted molar refractivity (Wildman–Crippen MR) is 67.0 cm³/mol. The third-order valence-corrected chi connectivity index (χ3v) is 3.33. The van der Waals surface area contributed by atoms with Gasteiger partial charge in [0, 0.05) is 6.04 Å². The van der Waals surface area contributed by atoms with E-state index in [1.54, 1.807) is 0 Å². The molecule has 1 aromatic rings. The van der Waals surface area contributed by atoms with E-state index in [2.05, 4.69) is 46.8 Å². The number of rotatable bonds is 3. The molecule has 1 aromatic carbocycles. The molecule has 1 rings (SSSR count). The zero-order valence-electron chi connectivity index (χ0n) is 10.6. The van der Waals surface area contributed by atoms with Crippen LogP contribution in [0.3, 0.4) is 0 Å². The highest BCUT2D eigenvalue weighted by Crippen LogP contribution is 2.28. The quantitative estimate of drug-likeness (QED) is 0.800. The molecule has 1 nitrogen and oxygen atoms in total. The van der Waals surface area contributed by atoms with Gasteiger partial charge in [-0.15, -0.1) is 0 Å². The zero-order chi connectivity index (χ0) is 11.6. The van der Waals surface area contributed by atoms with Crippen LogP contribution in [0.4, 0.5) is 0 Å². The Morgan fingerprint density at radius 2 is 1.60 bits per heavy atom. The second-order valence-corrected chi connectivity index (χ2v) is 4.72. The fourth-order valence-electron chi connectivity index (χ4n) is 2.26. The van der Waals surface area contributed by atoms with Gasteiger partial charge in [0.05, 0.1) is 0 Å². The van der Waals surface area contributed by atoms with E-state index in [1.807, 2.05) is 0 Å². The number of benzene rings is 1. The van der Waals surface area contributed by atoms with E-state index in [9.17, 15) is 0 Å². The van der Waals surface area contributed by atoms with Crippen molar-refractivity contribution in [3.05, 3.63) is 34.4 Å². The highest BCUT2D eigenvalue weighted by molar-refractivity contribution is 5.39. The third-order valence-electron chi connectivity index (χ3n) is 3.33. The van der Waals surface area contributed by atoms with E-state index in [4.69, 9.17) is 5.73 Å². The lowest BCUT2D eigenvalue weighted by atomic mass is 9.87. The molecule has 2 N–H and O–H groups in total. The number of nitrogens with two attached hydrogens (primary N) is 1. The highest BCUT2D eigenvalue weighted by Gasteiger charge is 2.17. The molecule has 0 saturated heterocycles. The van der Waals surface area contributed by atoms with Gasteiger partial charge in [0.2, 0.25) is 0 Å². The summed E-state index contributed by atoms with van der Waals surface area (Å²) in [5.41, 5.74) is 11.6. The summed E-state index contributed by atoms with van der Waals surface area (Å²) in [4.78, 5) is 0. The molecular formula is C14H23N. The summed E-state index contributed by atoms with van der Waals surface area (Å²) in [5.74, 6) is 0.546. The molecule has 0 amide bonds. The van der Waals surface area contributed by atoms with E-state index in [0.29, 0.717) is 5.92 Å². The summed E-state index contributed by atoms with van der Waals surface area (Å²) >= 11 is 0. The van der Waals surface area contributed by atoms with Crippen molar-refractivity contribution in [2.45, 2.75) is 47.1 Å². The Bertz CT molecular complexity index is 318. The largest absolute Gasteiger partial charge is 0.324 e. The average Bonchev–Trinajstić information content (AvgIpc) is 2.14. The molecule has 0 bridgehead atoms. The minimum atomic E-state index is 0.176. The molecule has 84 valence electrons. The van der Waals surface area contributed by atoms with Crippen LogP contribution >= 0.6 is 0 Å². The van der Waals surface area contributed by atoms with Crippen LogP contribution in [0.15, 0.2) is 12.1 Å². The molecule has 0 aromatic heterocycles. The van der Waals surface area contributed by atoms with E-state index in [-0.39, 0.29) is 6.04 Å². The van der Waals surface area contributed by atoms with E-state index >= 15 is 0 Å². The van der Waals surface area contributed by atoms with Crippen molar-refractivity contribution in [2.24, 2.45) is 11.7 Å². The standard InChI is InChI=1S/C14H23N/c1-6-10(3)14(15)13-11(4)7-9(2)8-12(13)5/h7-8,10,14H,6,15H2,1-5H3.